The van der Waals surface area contributed by atoms with Crippen molar-refractivity contribution in [2.45, 2.75) is 70.6 Å². The second kappa shape index (κ2) is 9.85. The number of hydrogen-bond acceptors (Lipinski definition) is 3. The fraction of sp³-hybridized carbons (Fsp3) is 0.400. The maximum atomic E-state index is 13.9. The summed E-state index contributed by atoms with van der Waals surface area (Å²) in [7, 11) is 0. The molecule has 2 aliphatic rings. The first kappa shape index (κ1) is 25.6. The van der Waals surface area contributed by atoms with E-state index in [0.29, 0.717) is 35.4 Å². The third-order valence-corrected chi connectivity index (χ3v) is 6.89. The Balaban J connectivity index is 1.97. The molecular weight excluding hydrogens is 463 g/mol. The Hall–Kier alpha value is -3.53. The van der Waals surface area contributed by atoms with E-state index in [2.05, 4.69) is 43.4 Å². The van der Waals surface area contributed by atoms with Gasteiger partial charge in [-0.05, 0) is 66.9 Å². The van der Waals surface area contributed by atoms with Crippen LogP contribution in [-0.4, -0.2) is 15.9 Å². The van der Waals surface area contributed by atoms with Gasteiger partial charge in [0.15, 0.2) is 5.78 Å². The molecule has 1 saturated carbocycles. The average Bonchev–Trinajstić information content (AvgIpc) is 3.34. The first-order valence-electron chi connectivity index (χ1n) is 11.9. The molecule has 0 spiro atoms. The summed E-state index contributed by atoms with van der Waals surface area (Å²) in [4.78, 5) is 18.8. The van der Waals surface area contributed by atoms with Gasteiger partial charge in [0, 0.05) is 28.3 Å². The van der Waals surface area contributed by atoms with E-state index in [1.54, 1.807) is 0 Å². The maximum absolute atomic E-state index is 13.9. The molecule has 4 rings (SSSR count). The lowest BCUT2D eigenvalue weighted by Gasteiger charge is -2.36. The molecule has 0 bridgehead atoms. The number of terminal acetylenes is 1. The van der Waals surface area contributed by atoms with Crippen molar-refractivity contribution in [2.24, 2.45) is 5.41 Å². The number of benzene rings is 1. The summed E-state index contributed by atoms with van der Waals surface area (Å²) in [6.45, 7) is 4.11. The van der Waals surface area contributed by atoms with Crippen LogP contribution in [0, 0.1) is 41.4 Å². The first-order chi connectivity index (χ1) is 17.0. The van der Waals surface area contributed by atoms with Gasteiger partial charge < -0.3 is 5.11 Å². The van der Waals surface area contributed by atoms with Crippen molar-refractivity contribution in [3.63, 3.8) is 0 Å². The van der Waals surface area contributed by atoms with Crippen molar-refractivity contribution >= 4 is 5.78 Å². The van der Waals surface area contributed by atoms with E-state index in [4.69, 9.17) is 11.4 Å². The number of ketones is 1. The highest BCUT2D eigenvalue weighted by Crippen LogP contribution is 2.45. The van der Waals surface area contributed by atoms with Crippen LogP contribution in [0.2, 0.25) is 0 Å². The summed E-state index contributed by atoms with van der Waals surface area (Å²) in [5.74, 6) is 12.4. The first-order valence-corrected chi connectivity index (χ1v) is 11.9. The third kappa shape index (κ3) is 5.18. The molecular formula is C30H26F3NO2. The number of alkyl halides is 3. The van der Waals surface area contributed by atoms with Crippen LogP contribution < -0.4 is 0 Å². The lowest BCUT2D eigenvalue weighted by molar-refractivity contribution is -0.137. The predicted molar refractivity (Wildman–Crippen MR) is 131 cm³/mol. The zero-order chi connectivity index (χ0) is 26.1. The van der Waals surface area contributed by atoms with E-state index in [1.807, 2.05) is 0 Å². The number of rotatable bonds is 3. The van der Waals surface area contributed by atoms with Crippen molar-refractivity contribution in [1.82, 2.24) is 4.98 Å². The van der Waals surface area contributed by atoms with E-state index in [9.17, 15) is 23.1 Å². The van der Waals surface area contributed by atoms with Gasteiger partial charge in [-0.2, -0.15) is 13.2 Å². The normalized spacial score (nSPS) is 18.8. The number of aliphatic hydroxyl groups is 1. The van der Waals surface area contributed by atoms with Crippen LogP contribution in [0.1, 0.15) is 102 Å². The zero-order valence-corrected chi connectivity index (χ0v) is 20.2. The maximum Gasteiger partial charge on any atom is 0.416 e. The molecule has 184 valence electrons. The van der Waals surface area contributed by atoms with Gasteiger partial charge in [-0.3, -0.25) is 9.78 Å². The minimum Gasteiger partial charge on any atom is -0.388 e. The fourth-order valence-corrected chi connectivity index (χ4v) is 5.28. The van der Waals surface area contributed by atoms with E-state index in [1.165, 1.54) is 12.1 Å². The van der Waals surface area contributed by atoms with Crippen LogP contribution in [0.4, 0.5) is 13.2 Å². The van der Waals surface area contributed by atoms with Gasteiger partial charge in [-0.1, -0.05) is 44.7 Å². The van der Waals surface area contributed by atoms with Gasteiger partial charge in [0.25, 0.3) is 0 Å². The van der Waals surface area contributed by atoms with E-state index in [0.717, 1.165) is 37.8 Å². The molecule has 1 N–H and O–H groups in total. The Labute approximate surface area is 209 Å². The molecule has 1 atom stereocenters. The largest absolute Gasteiger partial charge is 0.416 e. The number of nitrogens with zero attached hydrogens (tertiary/aromatic N) is 1. The Kier molecular flexibility index (Phi) is 6.99. The van der Waals surface area contributed by atoms with Crippen LogP contribution in [0.25, 0.3) is 0 Å². The van der Waals surface area contributed by atoms with Gasteiger partial charge in [0.1, 0.15) is 0 Å². The monoisotopic (exact) mass is 489 g/mol. The molecule has 1 heterocycles. The van der Waals surface area contributed by atoms with Crippen molar-refractivity contribution < 1.29 is 23.1 Å². The summed E-state index contributed by atoms with van der Waals surface area (Å²) < 4.78 is 39.3. The molecule has 0 radical (unpaired) electrons. The van der Waals surface area contributed by atoms with Crippen LogP contribution in [0.5, 0.6) is 0 Å². The van der Waals surface area contributed by atoms with E-state index < -0.39 is 23.6 Å². The van der Waals surface area contributed by atoms with E-state index >= 15 is 0 Å². The summed E-state index contributed by atoms with van der Waals surface area (Å²) in [6.07, 6.45) is 4.58. The molecule has 1 aromatic heterocycles. The number of aromatic nitrogens is 1. The van der Waals surface area contributed by atoms with Gasteiger partial charge in [-0.25, -0.2) is 0 Å². The summed E-state index contributed by atoms with van der Waals surface area (Å²) in [5.41, 5.74) is 1.48. The highest BCUT2D eigenvalue weighted by molar-refractivity contribution is 6.11. The number of carbonyl (C=O) groups is 1. The summed E-state index contributed by atoms with van der Waals surface area (Å²) in [5, 5.41) is 11.1. The lowest BCUT2D eigenvalue weighted by Crippen LogP contribution is -2.29. The average molecular weight is 490 g/mol. The van der Waals surface area contributed by atoms with Crippen LogP contribution in [0.15, 0.2) is 24.3 Å². The van der Waals surface area contributed by atoms with Crippen molar-refractivity contribution in [3.05, 3.63) is 63.5 Å². The van der Waals surface area contributed by atoms with Gasteiger partial charge >= 0.3 is 6.18 Å². The number of fused-ring (bicyclic) bond motifs is 1. The van der Waals surface area contributed by atoms with Gasteiger partial charge in [-0.15, -0.1) is 6.42 Å². The Morgan fingerprint density at radius 3 is 2.39 bits per heavy atom. The zero-order valence-electron chi connectivity index (χ0n) is 20.2. The molecule has 0 unspecified atom stereocenters. The third-order valence-electron chi connectivity index (χ3n) is 6.89. The molecule has 2 aromatic rings. The predicted octanol–water partition coefficient (Wildman–Crippen LogP) is 5.98. The SMILES string of the molecule is C#CC#CC#Cc1c(C(=O)c2ccc(C(F)(F)F)cc2)c(C2CCCC2)nc2c1[C@@H](O)CC(C)(C)C2. The Bertz CT molecular complexity index is 1350. The van der Waals surface area contributed by atoms with Crippen molar-refractivity contribution in [1.29, 1.82) is 0 Å². The standard InChI is InChI=1S/C30H26F3NO2/c1-4-5-6-7-12-22-25-23(17-29(2,3)18-24(25)35)34-27(19-10-8-9-11-19)26(22)28(36)20-13-15-21(16-14-20)30(31,32)33/h1,13-16,19,24,35H,8-11,17-18H2,2-3H3/t24-/m0/s1. The topological polar surface area (TPSA) is 50.2 Å². The number of aliphatic hydroxyl groups excluding tert-OH is 1. The van der Waals surface area contributed by atoms with Crippen molar-refractivity contribution in [2.75, 3.05) is 0 Å². The molecule has 6 heteroatoms. The molecule has 36 heavy (non-hydrogen) atoms. The number of halogens is 3. The fourth-order valence-electron chi connectivity index (χ4n) is 5.28. The molecule has 0 aliphatic heterocycles. The smallest absolute Gasteiger partial charge is 0.388 e. The van der Waals surface area contributed by atoms with Gasteiger partial charge in [0.05, 0.1) is 22.9 Å². The van der Waals surface area contributed by atoms with Crippen LogP contribution in [-0.2, 0) is 12.6 Å². The molecule has 2 aliphatic carbocycles. The van der Waals surface area contributed by atoms with Gasteiger partial charge in [0.2, 0.25) is 0 Å². The minimum absolute atomic E-state index is 0.0308. The summed E-state index contributed by atoms with van der Waals surface area (Å²) in [6, 6.07) is 4.15. The second-order valence-corrected chi connectivity index (χ2v) is 10.2. The molecule has 1 fully saturated rings. The minimum atomic E-state index is -4.51. The van der Waals surface area contributed by atoms with Crippen molar-refractivity contribution in [3.8, 4) is 36.0 Å². The number of hydrogen-bond donors (Lipinski definition) is 1. The highest BCUT2D eigenvalue weighted by atomic mass is 19.4. The summed E-state index contributed by atoms with van der Waals surface area (Å²) >= 11 is 0. The molecule has 3 nitrogen and oxygen atoms in total. The van der Waals surface area contributed by atoms with Crippen LogP contribution in [0.3, 0.4) is 0 Å². The number of pyridine rings is 1. The van der Waals surface area contributed by atoms with Crippen LogP contribution >= 0.6 is 0 Å². The molecule has 1 aromatic carbocycles. The Morgan fingerprint density at radius 1 is 1.11 bits per heavy atom. The molecule has 0 amide bonds. The lowest BCUT2D eigenvalue weighted by atomic mass is 9.72. The molecule has 0 saturated heterocycles. The second-order valence-electron chi connectivity index (χ2n) is 10.2. The highest BCUT2D eigenvalue weighted by Gasteiger charge is 2.38. The quantitative estimate of drug-likeness (QED) is 0.426. The van der Waals surface area contributed by atoms with E-state index in [-0.39, 0.29) is 22.5 Å². The number of carbonyl (C=O) groups excluding carboxylic acids is 1. The Morgan fingerprint density at radius 2 is 1.78 bits per heavy atom.